The highest BCUT2D eigenvalue weighted by molar-refractivity contribution is 5.77. The van der Waals surface area contributed by atoms with Crippen molar-refractivity contribution in [2.24, 2.45) is 0 Å². The maximum Gasteiger partial charge on any atom is 0.397 e. The third-order valence-corrected chi connectivity index (χ3v) is 2.80. The molecular formula is C12H13F3N2O2. The van der Waals surface area contributed by atoms with Crippen LogP contribution in [0.1, 0.15) is 12.8 Å². The fraction of sp³-hybridized carbons (Fsp3) is 0.500. The van der Waals surface area contributed by atoms with E-state index in [2.05, 4.69) is 4.98 Å². The summed E-state index contributed by atoms with van der Waals surface area (Å²) < 4.78 is 41.9. The van der Waals surface area contributed by atoms with Gasteiger partial charge in [0.05, 0.1) is 6.54 Å². The van der Waals surface area contributed by atoms with Gasteiger partial charge in [0.2, 0.25) is 5.91 Å². The van der Waals surface area contributed by atoms with E-state index in [1.807, 2.05) is 0 Å². The Morgan fingerprint density at radius 2 is 2.11 bits per heavy atom. The van der Waals surface area contributed by atoms with Crippen LogP contribution in [0.5, 0.6) is 5.75 Å². The summed E-state index contributed by atoms with van der Waals surface area (Å²) >= 11 is 0. The topological polar surface area (TPSA) is 42.4 Å². The minimum atomic E-state index is -4.46. The van der Waals surface area contributed by atoms with Crippen molar-refractivity contribution < 1.29 is 22.7 Å². The summed E-state index contributed by atoms with van der Waals surface area (Å²) in [5.74, 6) is -0.293. The van der Waals surface area contributed by atoms with Crippen molar-refractivity contribution in [1.29, 1.82) is 0 Å². The first-order valence-electron chi connectivity index (χ1n) is 5.85. The number of carbonyl (C=O) groups is 1. The molecule has 0 unspecified atom stereocenters. The van der Waals surface area contributed by atoms with E-state index >= 15 is 0 Å². The average molecular weight is 274 g/mol. The lowest BCUT2D eigenvalue weighted by molar-refractivity contribution is -0.160. The van der Waals surface area contributed by atoms with Gasteiger partial charge in [0.25, 0.3) is 0 Å². The molecule has 0 saturated carbocycles. The predicted octanol–water partition coefficient (Wildman–Crippen LogP) is 2.01. The third-order valence-electron chi connectivity index (χ3n) is 2.80. The van der Waals surface area contributed by atoms with E-state index in [9.17, 15) is 18.0 Å². The fourth-order valence-electron chi connectivity index (χ4n) is 1.94. The molecule has 1 aliphatic heterocycles. The molecule has 19 heavy (non-hydrogen) atoms. The molecule has 1 aromatic heterocycles. The molecule has 0 bridgehead atoms. The highest BCUT2D eigenvalue weighted by Gasteiger charge is 2.36. The Bertz CT molecular complexity index is 436. The minimum absolute atomic E-state index is 0.192. The highest BCUT2D eigenvalue weighted by atomic mass is 19.4. The van der Waals surface area contributed by atoms with Crippen molar-refractivity contribution in [1.82, 2.24) is 9.88 Å². The largest absolute Gasteiger partial charge is 0.488 e. The van der Waals surface area contributed by atoms with Crippen LogP contribution in [0.4, 0.5) is 13.2 Å². The van der Waals surface area contributed by atoms with E-state index in [0.29, 0.717) is 18.7 Å². The normalized spacial score (nSPS) is 19.5. The lowest BCUT2D eigenvalue weighted by Gasteiger charge is -2.18. The summed E-state index contributed by atoms with van der Waals surface area (Å²) in [4.78, 5) is 16.4. The van der Waals surface area contributed by atoms with Gasteiger partial charge in [0.1, 0.15) is 18.3 Å². The van der Waals surface area contributed by atoms with Crippen LogP contribution >= 0.6 is 0 Å². The molecule has 2 rings (SSSR count). The van der Waals surface area contributed by atoms with Crippen molar-refractivity contribution in [2.45, 2.75) is 25.1 Å². The summed E-state index contributed by atoms with van der Waals surface area (Å²) in [5.41, 5.74) is 0. The number of rotatable bonds is 3. The van der Waals surface area contributed by atoms with Gasteiger partial charge in [0, 0.05) is 25.4 Å². The minimum Gasteiger partial charge on any atom is -0.488 e. The first-order valence-corrected chi connectivity index (χ1v) is 5.85. The van der Waals surface area contributed by atoms with Gasteiger partial charge in [0.15, 0.2) is 0 Å². The van der Waals surface area contributed by atoms with Gasteiger partial charge in [-0.25, -0.2) is 0 Å². The van der Waals surface area contributed by atoms with Gasteiger partial charge in [-0.15, -0.1) is 0 Å². The summed E-state index contributed by atoms with van der Waals surface area (Å²) in [7, 11) is 0. The summed E-state index contributed by atoms with van der Waals surface area (Å²) in [6.07, 6.45) is -2.46. The van der Waals surface area contributed by atoms with Crippen LogP contribution in [0.25, 0.3) is 0 Å². The quantitative estimate of drug-likeness (QED) is 0.846. The van der Waals surface area contributed by atoms with Crippen LogP contribution in [0.3, 0.4) is 0 Å². The zero-order valence-corrected chi connectivity index (χ0v) is 10.1. The van der Waals surface area contributed by atoms with E-state index in [0.717, 1.165) is 0 Å². The number of hydrogen-bond donors (Lipinski definition) is 0. The number of halogens is 3. The molecule has 2 heterocycles. The predicted molar refractivity (Wildman–Crippen MR) is 60.5 cm³/mol. The van der Waals surface area contributed by atoms with Gasteiger partial charge in [-0.2, -0.15) is 13.2 Å². The fourth-order valence-corrected chi connectivity index (χ4v) is 1.94. The maximum atomic E-state index is 12.1. The Labute approximate surface area is 108 Å². The van der Waals surface area contributed by atoms with Crippen LogP contribution in [0.2, 0.25) is 0 Å². The van der Waals surface area contributed by atoms with E-state index in [1.54, 1.807) is 24.5 Å². The van der Waals surface area contributed by atoms with Gasteiger partial charge < -0.3 is 9.64 Å². The number of pyridine rings is 1. The molecule has 1 saturated heterocycles. The third kappa shape index (κ3) is 4.11. The van der Waals surface area contributed by atoms with Crippen molar-refractivity contribution in [2.75, 3.05) is 13.1 Å². The van der Waals surface area contributed by atoms with Crippen LogP contribution in [-0.2, 0) is 4.79 Å². The van der Waals surface area contributed by atoms with Crippen molar-refractivity contribution in [3.63, 3.8) is 0 Å². The van der Waals surface area contributed by atoms with Crippen LogP contribution in [0, 0.1) is 0 Å². The van der Waals surface area contributed by atoms with Crippen molar-refractivity contribution in [3.05, 3.63) is 24.5 Å². The number of alkyl halides is 3. The lowest BCUT2D eigenvalue weighted by atomic mass is 10.3. The molecule has 1 fully saturated rings. The number of carbonyl (C=O) groups excluding carboxylic acids is 1. The Balaban J connectivity index is 1.85. The van der Waals surface area contributed by atoms with Gasteiger partial charge in [-0.1, -0.05) is 0 Å². The van der Waals surface area contributed by atoms with Crippen LogP contribution in [-0.4, -0.2) is 41.2 Å². The molecule has 1 atom stereocenters. The molecule has 7 heteroatoms. The Morgan fingerprint density at radius 1 is 1.42 bits per heavy atom. The Morgan fingerprint density at radius 3 is 2.74 bits per heavy atom. The van der Waals surface area contributed by atoms with Gasteiger partial charge in [-0.05, 0) is 12.1 Å². The summed E-state index contributed by atoms with van der Waals surface area (Å²) in [6.45, 7) is 0.488. The zero-order chi connectivity index (χ0) is 13.9. The lowest BCUT2D eigenvalue weighted by Crippen LogP contribution is -2.33. The molecule has 1 aliphatic rings. The molecule has 1 amide bonds. The Hall–Kier alpha value is -1.79. The molecule has 0 radical (unpaired) electrons. The molecule has 0 aliphatic carbocycles. The molecule has 0 aromatic carbocycles. The standard InChI is InChI=1S/C12H13F3N2O2/c13-12(14,15)7-11(18)17-6-3-10(8-17)19-9-1-4-16-5-2-9/h1-2,4-5,10H,3,6-8H2/t10-/m1/s1. The smallest absolute Gasteiger partial charge is 0.397 e. The second-order valence-corrected chi connectivity index (χ2v) is 4.34. The van der Waals surface area contributed by atoms with E-state index < -0.39 is 18.5 Å². The Kier molecular flexibility index (Phi) is 3.92. The molecular weight excluding hydrogens is 261 g/mol. The van der Waals surface area contributed by atoms with Gasteiger partial charge >= 0.3 is 6.18 Å². The van der Waals surface area contributed by atoms with Crippen molar-refractivity contribution >= 4 is 5.91 Å². The monoisotopic (exact) mass is 274 g/mol. The highest BCUT2D eigenvalue weighted by Crippen LogP contribution is 2.23. The van der Waals surface area contributed by atoms with E-state index in [4.69, 9.17) is 4.74 Å². The SMILES string of the molecule is O=C(CC(F)(F)F)N1CC[C@@H](Oc2ccncc2)C1. The molecule has 104 valence electrons. The molecule has 0 N–H and O–H groups in total. The van der Waals surface area contributed by atoms with Crippen LogP contribution < -0.4 is 4.74 Å². The van der Waals surface area contributed by atoms with Crippen molar-refractivity contribution in [3.8, 4) is 5.75 Å². The molecule has 1 aromatic rings. The number of likely N-dealkylation sites (tertiary alicyclic amines) is 1. The van der Waals surface area contributed by atoms with Crippen LogP contribution in [0.15, 0.2) is 24.5 Å². The number of nitrogens with zero attached hydrogens (tertiary/aromatic N) is 2. The second kappa shape index (κ2) is 5.46. The first kappa shape index (κ1) is 13.6. The maximum absolute atomic E-state index is 12.1. The molecule has 4 nitrogen and oxygen atoms in total. The van der Waals surface area contributed by atoms with E-state index in [1.165, 1.54) is 4.90 Å². The molecule has 0 spiro atoms. The number of aromatic nitrogens is 1. The zero-order valence-electron chi connectivity index (χ0n) is 10.1. The number of hydrogen-bond acceptors (Lipinski definition) is 3. The number of ether oxygens (including phenoxy) is 1. The van der Waals surface area contributed by atoms with E-state index in [-0.39, 0.29) is 12.6 Å². The summed E-state index contributed by atoms with van der Waals surface area (Å²) in [5, 5.41) is 0. The second-order valence-electron chi connectivity index (χ2n) is 4.34. The average Bonchev–Trinajstić information content (AvgIpc) is 2.77. The first-order chi connectivity index (χ1) is 8.94. The number of amides is 1. The summed E-state index contributed by atoms with van der Waals surface area (Å²) in [6, 6.07) is 3.33. The van der Waals surface area contributed by atoms with Gasteiger partial charge in [-0.3, -0.25) is 9.78 Å².